The minimum absolute atomic E-state index is 0.275. The molecule has 0 saturated heterocycles. The first kappa shape index (κ1) is 24.1. The van der Waals surface area contributed by atoms with Crippen molar-refractivity contribution < 1.29 is 42.2 Å². The molecule has 2 aromatic rings. The van der Waals surface area contributed by atoms with Crippen molar-refractivity contribution in [3.05, 3.63) is 59.1 Å². The lowest BCUT2D eigenvalue weighted by Crippen LogP contribution is -2.58. The quantitative estimate of drug-likeness (QED) is 0.492. The first-order valence-corrected chi connectivity index (χ1v) is 9.09. The first-order valence-electron chi connectivity index (χ1n) is 8.71. The Hall–Kier alpha value is -3.14. The van der Waals surface area contributed by atoms with Gasteiger partial charge in [0.15, 0.2) is 0 Å². The van der Waals surface area contributed by atoms with Crippen molar-refractivity contribution >= 4 is 29.4 Å². The minimum atomic E-state index is -5.66. The molecule has 1 atom stereocenters. The van der Waals surface area contributed by atoms with E-state index in [9.17, 15) is 31.9 Å². The summed E-state index contributed by atoms with van der Waals surface area (Å²) < 4.78 is 53.7. The highest BCUT2D eigenvalue weighted by atomic mass is 35.5. The number of benzene rings is 2. The summed E-state index contributed by atoms with van der Waals surface area (Å²) >= 11 is 5.93. The average Bonchev–Trinajstić information content (AvgIpc) is 2.67. The highest BCUT2D eigenvalue weighted by Gasteiger charge is 2.67. The number of halogens is 5. The lowest BCUT2D eigenvalue weighted by atomic mass is 9.99. The lowest BCUT2D eigenvalue weighted by Gasteiger charge is -2.25. The van der Waals surface area contributed by atoms with E-state index >= 15 is 0 Å². The van der Waals surface area contributed by atoms with E-state index in [1.807, 2.05) is 0 Å². The highest BCUT2D eigenvalue weighted by Crippen LogP contribution is 2.35. The molecule has 0 heterocycles. The molecular weight excluding hydrogens is 446 g/mol. The molecule has 0 aromatic heterocycles. The number of hydrogen-bond acceptors (Lipinski definition) is 3. The fraction of sp³-hybridized carbons (Fsp3) is 0.250. The predicted octanol–water partition coefficient (Wildman–Crippen LogP) is 3.86. The van der Waals surface area contributed by atoms with E-state index in [1.54, 1.807) is 48.5 Å². The van der Waals surface area contributed by atoms with E-state index < -0.39 is 42.2 Å². The number of nitrogens with one attached hydrogen (secondary N) is 1. The molecule has 0 radical (unpaired) electrons. The van der Waals surface area contributed by atoms with Gasteiger partial charge in [-0.05, 0) is 35.2 Å². The summed E-state index contributed by atoms with van der Waals surface area (Å²) in [5.41, 5.74) is 1.95. The Morgan fingerprint density at radius 3 is 2.06 bits per heavy atom. The van der Waals surface area contributed by atoms with Crippen LogP contribution in [0.4, 0.5) is 17.6 Å². The van der Waals surface area contributed by atoms with Crippen molar-refractivity contribution in [1.29, 1.82) is 0 Å². The fourth-order valence-electron chi connectivity index (χ4n) is 2.72. The molecule has 0 fully saturated rings. The molecule has 166 valence electrons. The maximum atomic E-state index is 13.7. The molecule has 0 aliphatic rings. The second-order valence-corrected chi connectivity index (χ2v) is 7.07. The van der Waals surface area contributed by atoms with Gasteiger partial charge in [0.2, 0.25) is 0 Å². The molecule has 0 aliphatic heterocycles. The van der Waals surface area contributed by atoms with Gasteiger partial charge in [-0.3, -0.25) is 9.59 Å². The van der Waals surface area contributed by atoms with Crippen molar-refractivity contribution in [3.63, 3.8) is 0 Å². The van der Waals surface area contributed by atoms with Crippen molar-refractivity contribution in [3.8, 4) is 11.1 Å². The number of hydrogen-bond donors (Lipinski definition) is 3. The zero-order chi connectivity index (χ0) is 23.4. The van der Waals surface area contributed by atoms with Gasteiger partial charge < -0.3 is 15.5 Å². The summed E-state index contributed by atoms with van der Waals surface area (Å²) in [6.07, 6.45) is -1.13. The number of carboxylic acid groups (broad SMARTS) is 2. The monoisotopic (exact) mass is 461 g/mol. The van der Waals surface area contributed by atoms with Gasteiger partial charge in [-0.25, -0.2) is 4.79 Å². The molecule has 31 heavy (non-hydrogen) atoms. The molecule has 0 aliphatic carbocycles. The Morgan fingerprint density at radius 2 is 1.55 bits per heavy atom. The van der Waals surface area contributed by atoms with Crippen LogP contribution in [0.25, 0.3) is 11.1 Å². The number of carbonyl (C=O) groups excluding carboxylic acids is 1. The van der Waals surface area contributed by atoms with Gasteiger partial charge in [0.1, 0.15) is 0 Å². The van der Waals surface area contributed by atoms with E-state index in [0.717, 1.165) is 11.1 Å². The number of rotatable bonds is 9. The van der Waals surface area contributed by atoms with Crippen molar-refractivity contribution in [2.75, 3.05) is 0 Å². The van der Waals surface area contributed by atoms with Crippen LogP contribution in [0.15, 0.2) is 48.5 Å². The van der Waals surface area contributed by atoms with Crippen LogP contribution in [0.2, 0.25) is 5.02 Å². The van der Waals surface area contributed by atoms with Gasteiger partial charge in [-0.1, -0.05) is 48.0 Å². The summed E-state index contributed by atoms with van der Waals surface area (Å²) in [4.78, 5) is 33.1. The van der Waals surface area contributed by atoms with Gasteiger partial charge in [0, 0.05) is 11.1 Å². The second-order valence-electron chi connectivity index (χ2n) is 6.63. The second kappa shape index (κ2) is 9.34. The molecule has 2 aromatic carbocycles. The Labute approximate surface area is 178 Å². The first-order chi connectivity index (χ1) is 14.3. The topological polar surface area (TPSA) is 104 Å². The Bertz CT molecular complexity index is 982. The smallest absolute Gasteiger partial charge is 0.413 e. The third kappa shape index (κ3) is 5.72. The normalized spacial score (nSPS) is 12.8. The van der Waals surface area contributed by atoms with E-state index in [1.165, 1.54) is 5.32 Å². The third-order valence-electron chi connectivity index (χ3n) is 4.30. The summed E-state index contributed by atoms with van der Waals surface area (Å²) in [5.74, 6) is -18.5. The molecule has 0 bridgehead atoms. The lowest BCUT2D eigenvalue weighted by molar-refractivity contribution is -0.222. The number of carboxylic acids is 2. The zero-order valence-electron chi connectivity index (χ0n) is 15.6. The van der Waals surface area contributed by atoms with Gasteiger partial charge in [0.05, 0.1) is 6.42 Å². The molecular formula is C20H16ClF4NO5. The van der Waals surface area contributed by atoms with Crippen LogP contribution in [-0.4, -0.2) is 45.9 Å². The number of carbonyl (C=O) groups is 3. The van der Waals surface area contributed by atoms with Gasteiger partial charge in [0.25, 0.3) is 5.91 Å². The van der Waals surface area contributed by atoms with Crippen LogP contribution in [0.3, 0.4) is 0 Å². The molecule has 1 amide bonds. The van der Waals surface area contributed by atoms with E-state index in [4.69, 9.17) is 21.8 Å². The Balaban J connectivity index is 2.19. The van der Waals surface area contributed by atoms with Gasteiger partial charge >= 0.3 is 23.8 Å². The summed E-state index contributed by atoms with van der Waals surface area (Å²) in [7, 11) is 0. The Kier molecular flexibility index (Phi) is 7.27. The number of aliphatic carboxylic acids is 2. The fourth-order valence-corrected chi connectivity index (χ4v) is 2.91. The van der Waals surface area contributed by atoms with Crippen LogP contribution in [0.1, 0.15) is 12.0 Å². The molecule has 0 spiro atoms. The third-order valence-corrected chi connectivity index (χ3v) is 4.53. The summed E-state index contributed by atoms with van der Waals surface area (Å²) in [6.45, 7) is 0. The highest BCUT2D eigenvalue weighted by molar-refractivity contribution is 6.30. The maximum absolute atomic E-state index is 13.7. The maximum Gasteiger partial charge on any atom is 0.413 e. The van der Waals surface area contributed by atoms with Crippen LogP contribution < -0.4 is 5.32 Å². The predicted molar refractivity (Wildman–Crippen MR) is 102 cm³/mol. The average molecular weight is 462 g/mol. The van der Waals surface area contributed by atoms with Crippen LogP contribution in [0, 0.1) is 0 Å². The van der Waals surface area contributed by atoms with Crippen molar-refractivity contribution in [2.24, 2.45) is 0 Å². The summed E-state index contributed by atoms with van der Waals surface area (Å²) in [5, 5.41) is 19.2. The summed E-state index contributed by atoms with van der Waals surface area (Å²) in [6, 6.07) is 11.8. The molecule has 6 nitrogen and oxygen atoms in total. The van der Waals surface area contributed by atoms with E-state index in [-0.39, 0.29) is 6.42 Å². The molecule has 0 unspecified atom stereocenters. The molecule has 2 rings (SSSR count). The van der Waals surface area contributed by atoms with E-state index in [0.29, 0.717) is 10.6 Å². The minimum Gasteiger partial charge on any atom is -0.481 e. The zero-order valence-corrected chi connectivity index (χ0v) is 16.4. The van der Waals surface area contributed by atoms with Crippen LogP contribution in [0.5, 0.6) is 0 Å². The number of amides is 1. The Morgan fingerprint density at radius 1 is 0.935 bits per heavy atom. The standard InChI is InChI=1S/C20H16ClF4NO5/c21-14-3-1-2-13(9-14)12-6-4-11(5-7-12)8-15(10-16(27)28)26-17(29)19(22,23)20(24,25)18(30)31/h1-7,9,15H,8,10H2,(H,26,29)(H,27,28)(H,30,31)/t15-/m1/s1. The van der Waals surface area contributed by atoms with Crippen molar-refractivity contribution in [1.82, 2.24) is 5.32 Å². The molecule has 11 heteroatoms. The van der Waals surface area contributed by atoms with E-state index in [2.05, 4.69) is 0 Å². The molecule has 3 N–H and O–H groups in total. The van der Waals surface area contributed by atoms with Gasteiger partial charge in [-0.2, -0.15) is 17.6 Å². The van der Waals surface area contributed by atoms with Gasteiger partial charge in [-0.15, -0.1) is 0 Å². The SMILES string of the molecule is O=C(O)C[C@@H](Cc1ccc(-c2cccc(Cl)c2)cc1)NC(=O)C(F)(F)C(F)(F)C(=O)O. The van der Waals surface area contributed by atoms with Crippen LogP contribution >= 0.6 is 11.6 Å². The largest absolute Gasteiger partial charge is 0.481 e. The molecule has 0 saturated carbocycles. The number of alkyl halides is 4. The van der Waals surface area contributed by atoms with Crippen molar-refractivity contribution in [2.45, 2.75) is 30.7 Å². The van der Waals surface area contributed by atoms with Crippen LogP contribution in [-0.2, 0) is 20.8 Å².